The Bertz CT molecular complexity index is 264. The Morgan fingerprint density at radius 2 is 2.25 bits per heavy atom. The largest absolute Gasteiger partial charge is 0.375 e. The van der Waals surface area contributed by atoms with Gasteiger partial charge in [-0.1, -0.05) is 11.6 Å². The van der Waals surface area contributed by atoms with Gasteiger partial charge in [0.15, 0.2) is 0 Å². The first-order valence-electron chi connectivity index (χ1n) is 4.07. The van der Waals surface area contributed by atoms with Gasteiger partial charge in [0, 0.05) is 11.5 Å². The van der Waals surface area contributed by atoms with Crippen LogP contribution in [0, 0.1) is 5.92 Å². The van der Waals surface area contributed by atoms with Crippen LogP contribution in [-0.4, -0.2) is 9.62 Å². The number of allylic oxidation sites excluding steroid dienone is 2. The minimum absolute atomic E-state index is 0.477. The second-order valence-electron chi connectivity index (χ2n) is 3.51. The van der Waals surface area contributed by atoms with E-state index in [1.54, 1.807) is 0 Å². The highest BCUT2D eigenvalue weighted by Crippen LogP contribution is 2.43. The molecule has 0 saturated heterocycles. The molecule has 0 amide bonds. The van der Waals surface area contributed by atoms with Crippen LogP contribution in [0.15, 0.2) is 22.8 Å². The van der Waals surface area contributed by atoms with Gasteiger partial charge in [-0.15, -0.1) is 0 Å². The minimum atomic E-state index is -0.906. The van der Waals surface area contributed by atoms with Crippen LogP contribution in [-0.2, 0) is 0 Å². The van der Waals surface area contributed by atoms with Crippen LogP contribution in [0.3, 0.4) is 0 Å². The van der Waals surface area contributed by atoms with Gasteiger partial charge < -0.3 is 5.11 Å². The summed E-state index contributed by atoms with van der Waals surface area (Å²) in [5, 5.41) is 10.4. The summed E-state index contributed by atoms with van der Waals surface area (Å²) in [7, 11) is 0. The van der Waals surface area contributed by atoms with Gasteiger partial charge in [0.25, 0.3) is 0 Å². The standard InChI is InChI=1S/C9H10BrClO/c10-9(12)4-7(6-1-2-6)3-8(11)5-9/h3-4,6,12H,1-2,5H2. The van der Waals surface area contributed by atoms with Gasteiger partial charge in [0.2, 0.25) is 0 Å². The molecule has 1 fully saturated rings. The molecular weight excluding hydrogens is 239 g/mol. The molecule has 12 heavy (non-hydrogen) atoms. The van der Waals surface area contributed by atoms with Crippen molar-refractivity contribution < 1.29 is 5.11 Å². The molecule has 1 saturated carbocycles. The zero-order chi connectivity index (χ0) is 8.77. The summed E-state index contributed by atoms with van der Waals surface area (Å²) < 4.78 is -0.906. The highest BCUT2D eigenvalue weighted by Gasteiger charge is 2.32. The second-order valence-corrected chi connectivity index (χ2v) is 5.36. The van der Waals surface area contributed by atoms with Crippen molar-refractivity contribution in [2.24, 2.45) is 5.92 Å². The number of aliphatic hydroxyl groups is 1. The molecule has 1 atom stereocenters. The summed E-state index contributed by atoms with van der Waals surface area (Å²) in [5.74, 6) is 0.642. The molecule has 0 radical (unpaired) electrons. The monoisotopic (exact) mass is 248 g/mol. The molecule has 1 nitrogen and oxygen atoms in total. The lowest BCUT2D eigenvalue weighted by atomic mass is 10.0. The normalized spacial score (nSPS) is 35.9. The Morgan fingerprint density at radius 3 is 2.75 bits per heavy atom. The van der Waals surface area contributed by atoms with Gasteiger partial charge in [-0.05, 0) is 52.4 Å². The smallest absolute Gasteiger partial charge is 0.143 e. The van der Waals surface area contributed by atoms with Crippen molar-refractivity contribution in [3.63, 3.8) is 0 Å². The van der Waals surface area contributed by atoms with Gasteiger partial charge in [-0.2, -0.15) is 0 Å². The maximum Gasteiger partial charge on any atom is 0.143 e. The summed E-state index contributed by atoms with van der Waals surface area (Å²) in [6.07, 6.45) is 6.79. The lowest BCUT2D eigenvalue weighted by Crippen LogP contribution is -2.20. The molecule has 0 bridgehead atoms. The maximum absolute atomic E-state index is 9.71. The fourth-order valence-corrected chi connectivity index (χ4v) is 2.53. The van der Waals surface area contributed by atoms with Crippen molar-refractivity contribution >= 4 is 27.5 Å². The predicted molar refractivity (Wildman–Crippen MR) is 53.2 cm³/mol. The van der Waals surface area contributed by atoms with E-state index in [4.69, 9.17) is 11.6 Å². The lowest BCUT2D eigenvalue weighted by Gasteiger charge is -2.22. The van der Waals surface area contributed by atoms with Gasteiger partial charge in [0.1, 0.15) is 4.51 Å². The first-order valence-corrected chi connectivity index (χ1v) is 5.24. The fraction of sp³-hybridized carbons (Fsp3) is 0.556. The molecule has 0 aromatic rings. The molecule has 0 aromatic heterocycles. The number of halogens is 2. The second kappa shape index (κ2) is 2.86. The van der Waals surface area contributed by atoms with Crippen LogP contribution in [0.2, 0.25) is 0 Å². The Kier molecular flexibility index (Phi) is 2.10. The van der Waals surface area contributed by atoms with Crippen LogP contribution in [0.5, 0.6) is 0 Å². The average molecular weight is 250 g/mol. The summed E-state index contributed by atoms with van der Waals surface area (Å²) in [6, 6.07) is 0. The molecule has 0 heterocycles. The fourth-order valence-electron chi connectivity index (χ4n) is 1.47. The third-order valence-corrected chi connectivity index (χ3v) is 2.93. The number of rotatable bonds is 1. The van der Waals surface area contributed by atoms with Gasteiger partial charge in [0.05, 0.1) is 0 Å². The lowest BCUT2D eigenvalue weighted by molar-refractivity contribution is 0.195. The van der Waals surface area contributed by atoms with Crippen LogP contribution < -0.4 is 0 Å². The first kappa shape index (κ1) is 8.79. The van der Waals surface area contributed by atoms with Crippen molar-refractivity contribution in [2.45, 2.75) is 23.8 Å². The SMILES string of the molecule is OC1(Br)C=C(C2CC2)C=C(Cl)C1. The van der Waals surface area contributed by atoms with Crippen molar-refractivity contribution in [1.82, 2.24) is 0 Å². The molecule has 0 aromatic carbocycles. The molecule has 2 aliphatic carbocycles. The third-order valence-electron chi connectivity index (χ3n) is 2.18. The van der Waals surface area contributed by atoms with Crippen LogP contribution in [0.1, 0.15) is 19.3 Å². The minimum Gasteiger partial charge on any atom is -0.375 e. The molecule has 2 rings (SSSR count). The average Bonchev–Trinajstić information content (AvgIpc) is 2.61. The van der Waals surface area contributed by atoms with E-state index in [9.17, 15) is 5.11 Å². The molecule has 66 valence electrons. The zero-order valence-electron chi connectivity index (χ0n) is 6.56. The van der Waals surface area contributed by atoms with Gasteiger partial charge >= 0.3 is 0 Å². The number of hydrogen-bond acceptors (Lipinski definition) is 1. The van der Waals surface area contributed by atoms with E-state index in [0.717, 1.165) is 5.03 Å². The van der Waals surface area contributed by atoms with Gasteiger partial charge in [-0.25, -0.2) is 0 Å². The third kappa shape index (κ3) is 1.93. The summed E-state index contributed by atoms with van der Waals surface area (Å²) in [4.78, 5) is 0. The van der Waals surface area contributed by atoms with E-state index in [2.05, 4.69) is 15.9 Å². The molecule has 1 unspecified atom stereocenters. The Balaban J connectivity index is 2.24. The topological polar surface area (TPSA) is 20.2 Å². The van der Waals surface area contributed by atoms with Crippen LogP contribution >= 0.6 is 27.5 Å². The van der Waals surface area contributed by atoms with E-state index in [1.165, 1.54) is 18.4 Å². The number of hydrogen-bond donors (Lipinski definition) is 1. The van der Waals surface area contributed by atoms with E-state index in [0.29, 0.717) is 12.3 Å². The molecule has 0 aliphatic heterocycles. The Labute approximate surface area is 85.2 Å². The quantitative estimate of drug-likeness (QED) is 0.709. The summed E-state index contributed by atoms with van der Waals surface area (Å²) in [5.41, 5.74) is 1.19. The van der Waals surface area contributed by atoms with E-state index in [1.807, 2.05) is 12.2 Å². The molecule has 0 spiro atoms. The summed E-state index contributed by atoms with van der Waals surface area (Å²) >= 11 is 9.12. The molecule has 2 aliphatic rings. The first-order chi connectivity index (χ1) is 5.57. The van der Waals surface area contributed by atoms with Crippen LogP contribution in [0.25, 0.3) is 0 Å². The van der Waals surface area contributed by atoms with Gasteiger partial charge in [-0.3, -0.25) is 0 Å². The Morgan fingerprint density at radius 1 is 1.58 bits per heavy atom. The highest BCUT2D eigenvalue weighted by molar-refractivity contribution is 9.10. The highest BCUT2D eigenvalue weighted by atomic mass is 79.9. The maximum atomic E-state index is 9.71. The zero-order valence-corrected chi connectivity index (χ0v) is 8.90. The van der Waals surface area contributed by atoms with Crippen molar-refractivity contribution in [3.05, 3.63) is 22.8 Å². The molecule has 1 N–H and O–H groups in total. The summed E-state index contributed by atoms with van der Waals surface area (Å²) in [6.45, 7) is 0. The van der Waals surface area contributed by atoms with Crippen molar-refractivity contribution in [1.29, 1.82) is 0 Å². The van der Waals surface area contributed by atoms with Crippen molar-refractivity contribution in [3.8, 4) is 0 Å². The van der Waals surface area contributed by atoms with E-state index >= 15 is 0 Å². The number of alkyl halides is 1. The molecule has 3 heteroatoms. The Hall–Kier alpha value is 0.210. The predicted octanol–water partition coefficient (Wildman–Crippen LogP) is 2.93. The van der Waals surface area contributed by atoms with E-state index in [-0.39, 0.29) is 0 Å². The van der Waals surface area contributed by atoms with Crippen molar-refractivity contribution in [2.75, 3.05) is 0 Å². The molecular formula is C9H10BrClO. The van der Waals surface area contributed by atoms with Crippen LogP contribution in [0.4, 0.5) is 0 Å². The van der Waals surface area contributed by atoms with E-state index < -0.39 is 4.51 Å².